The number of benzene rings is 2. The lowest BCUT2D eigenvalue weighted by Gasteiger charge is -2.07. The molecule has 9 nitrogen and oxygen atoms in total. The van der Waals surface area contributed by atoms with E-state index >= 15 is 0 Å². The molecule has 0 amide bonds. The zero-order chi connectivity index (χ0) is 19.0. The third-order valence-corrected chi connectivity index (χ3v) is 4.92. The number of hydrogen-bond donors (Lipinski definition) is 3. The van der Waals surface area contributed by atoms with Gasteiger partial charge in [0.1, 0.15) is 10.6 Å². The van der Waals surface area contributed by atoms with Crippen LogP contribution in [0.5, 0.6) is 5.75 Å². The monoisotopic (exact) mass is 386 g/mol. The van der Waals surface area contributed by atoms with Gasteiger partial charge in [-0.1, -0.05) is 17.7 Å². The summed E-state index contributed by atoms with van der Waals surface area (Å²) in [5.41, 5.74) is 1.56. The highest BCUT2D eigenvalue weighted by Crippen LogP contribution is 2.37. The lowest BCUT2D eigenvalue weighted by molar-refractivity contribution is 0.442. The van der Waals surface area contributed by atoms with Crippen molar-refractivity contribution in [2.24, 2.45) is 10.2 Å². The molecule has 0 saturated carbocycles. The number of rotatable bonds is 4. The van der Waals surface area contributed by atoms with Crippen molar-refractivity contribution < 1.29 is 31.0 Å². The molecule has 0 fully saturated rings. The summed E-state index contributed by atoms with van der Waals surface area (Å²) in [5.74, 6) is -0.997. The maximum atomic E-state index is 11.3. The van der Waals surface area contributed by atoms with E-state index in [-0.39, 0.29) is 0 Å². The molecule has 11 heteroatoms. The van der Waals surface area contributed by atoms with E-state index in [4.69, 9.17) is 9.11 Å². The van der Waals surface area contributed by atoms with Gasteiger partial charge in [0, 0.05) is 0 Å². The van der Waals surface area contributed by atoms with E-state index in [0.717, 1.165) is 17.2 Å². The Kier molecular flexibility index (Phi) is 4.95. The Bertz CT molecular complexity index is 1070. The fourth-order valence-corrected chi connectivity index (χ4v) is 3.24. The molecule has 0 aliphatic rings. The lowest BCUT2D eigenvalue weighted by Crippen LogP contribution is -2.03. The predicted octanol–water partition coefficient (Wildman–Crippen LogP) is 2.92. The number of aromatic hydroxyl groups is 1. The molecule has 134 valence electrons. The molecule has 0 aliphatic carbocycles. The Morgan fingerprint density at radius 3 is 1.96 bits per heavy atom. The Labute approximate surface area is 144 Å². The molecular formula is C14H14N2O7S2. The normalized spacial score (nSPS) is 12.6. The van der Waals surface area contributed by atoms with E-state index in [1.165, 1.54) is 0 Å². The van der Waals surface area contributed by atoms with Crippen LogP contribution in [-0.4, -0.2) is 31.0 Å². The van der Waals surface area contributed by atoms with Crippen molar-refractivity contribution >= 4 is 31.6 Å². The van der Waals surface area contributed by atoms with Crippen LogP contribution in [0.2, 0.25) is 0 Å². The van der Waals surface area contributed by atoms with Gasteiger partial charge in [-0.15, -0.1) is 5.11 Å². The van der Waals surface area contributed by atoms with E-state index in [0.29, 0.717) is 11.8 Å². The second-order valence-corrected chi connectivity index (χ2v) is 8.04. The third kappa shape index (κ3) is 4.39. The van der Waals surface area contributed by atoms with E-state index in [2.05, 4.69) is 10.2 Å². The summed E-state index contributed by atoms with van der Waals surface area (Å²) in [6, 6.07) is 6.33. The average molecular weight is 386 g/mol. The molecule has 2 rings (SSSR count). The van der Waals surface area contributed by atoms with Crippen LogP contribution in [0.3, 0.4) is 0 Å². The molecule has 0 aliphatic heterocycles. The van der Waals surface area contributed by atoms with Gasteiger partial charge in [0.15, 0.2) is 5.75 Å². The topological polar surface area (TPSA) is 154 Å². The Morgan fingerprint density at radius 2 is 1.44 bits per heavy atom. The van der Waals surface area contributed by atoms with Crippen LogP contribution in [0.15, 0.2) is 50.4 Å². The van der Waals surface area contributed by atoms with E-state index in [1.807, 2.05) is 13.0 Å². The molecule has 0 saturated heterocycles. The number of nitrogens with zero attached hydrogens (tertiary/aromatic N) is 2. The molecule has 0 atom stereocenters. The van der Waals surface area contributed by atoms with Crippen LogP contribution >= 0.6 is 0 Å². The van der Waals surface area contributed by atoms with Crippen molar-refractivity contribution in [1.82, 2.24) is 0 Å². The largest absolute Gasteiger partial charge is 0.504 e. The summed E-state index contributed by atoms with van der Waals surface area (Å²) in [5, 5.41) is 17.4. The maximum absolute atomic E-state index is 11.3. The van der Waals surface area contributed by atoms with E-state index in [1.54, 1.807) is 19.1 Å². The summed E-state index contributed by atoms with van der Waals surface area (Å²) in [4.78, 5) is -1.98. The van der Waals surface area contributed by atoms with Crippen LogP contribution in [0.1, 0.15) is 11.1 Å². The highest BCUT2D eigenvalue weighted by atomic mass is 32.2. The first kappa shape index (κ1) is 19.0. The van der Waals surface area contributed by atoms with Gasteiger partial charge >= 0.3 is 0 Å². The summed E-state index contributed by atoms with van der Waals surface area (Å²) in [7, 11) is -9.77. The molecule has 0 aromatic heterocycles. The summed E-state index contributed by atoms with van der Waals surface area (Å²) < 4.78 is 63.3. The van der Waals surface area contributed by atoms with Gasteiger partial charge in [-0.2, -0.15) is 21.9 Å². The van der Waals surface area contributed by atoms with E-state index < -0.39 is 41.5 Å². The third-order valence-electron chi connectivity index (χ3n) is 3.22. The van der Waals surface area contributed by atoms with Crippen molar-refractivity contribution in [1.29, 1.82) is 0 Å². The fourth-order valence-electron chi connectivity index (χ4n) is 2.02. The number of aryl methyl sites for hydroxylation is 2. The highest BCUT2D eigenvalue weighted by Gasteiger charge is 2.24. The molecule has 0 unspecified atom stereocenters. The number of phenols is 1. The molecule has 3 N–H and O–H groups in total. The molecular weight excluding hydrogens is 372 g/mol. The minimum atomic E-state index is -4.96. The Morgan fingerprint density at radius 1 is 0.840 bits per heavy atom. The highest BCUT2D eigenvalue weighted by molar-refractivity contribution is 7.86. The lowest BCUT2D eigenvalue weighted by atomic mass is 10.1. The first-order valence-corrected chi connectivity index (χ1v) is 9.58. The van der Waals surface area contributed by atoms with Crippen molar-refractivity contribution in [3.63, 3.8) is 0 Å². The quantitative estimate of drug-likeness (QED) is 0.539. The van der Waals surface area contributed by atoms with E-state index in [9.17, 15) is 21.9 Å². The van der Waals surface area contributed by atoms with Crippen LogP contribution in [-0.2, 0) is 20.2 Å². The zero-order valence-electron chi connectivity index (χ0n) is 13.1. The van der Waals surface area contributed by atoms with Crippen molar-refractivity contribution in [3.8, 4) is 5.75 Å². The smallest absolute Gasteiger partial charge is 0.298 e. The van der Waals surface area contributed by atoms with Crippen LogP contribution in [0.4, 0.5) is 11.4 Å². The van der Waals surface area contributed by atoms with Gasteiger partial charge < -0.3 is 5.11 Å². The number of hydrogen-bond acceptors (Lipinski definition) is 7. The number of phenolic OH excluding ortho intramolecular Hbond substituents is 1. The summed E-state index contributed by atoms with van der Waals surface area (Å²) >= 11 is 0. The van der Waals surface area contributed by atoms with Gasteiger partial charge in [-0.3, -0.25) is 9.11 Å². The standard InChI is InChI=1S/C14H14N2O7S2/c1-8-3-4-11(9(2)5-8)15-16-12-6-10(24(18,19)20)7-13(14(12)17)25(21,22)23/h3-7,17H,1-2H3,(H,18,19,20)(H,21,22,23). The molecule has 0 heterocycles. The molecule has 25 heavy (non-hydrogen) atoms. The van der Waals surface area contributed by atoms with Crippen molar-refractivity contribution in [2.75, 3.05) is 0 Å². The molecule has 2 aromatic rings. The molecule has 0 radical (unpaired) electrons. The van der Waals surface area contributed by atoms with Gasteiger partial charge in [0.25, 0.3) is 20.2 Å². The first-order chi connectivity index (χ1) is 11.4. The number of azo groups is 1. The maximum Gasteiger partial charge on any atom is 0.298 e. The van der Waals surface area contributed by atoms with Crippen LogP contribution < -0.4 is 0 Å². The minimum Gasteiger partial charge on any atom is -0.504 e. The molecule has 0 bridgehead atoms. The van der Waals surface area contributed by atoms with Gasteiger partial charge in [0.05, 0.1) is 10.6 Å². The first-order valence-electron chi connectivity index (χ1n) is 6.70. The minimum absolute atomic E-state index is 0.399. The molecule has 2 aromatic carbocycles. The fraction of sp³-hybridized carbons (Fsp3) is 0.143. The van der Waals surface area contributed by atoms with Crippen molar-refractivity contribution in [3.05, 3.63) is 41.5 Å². The van der Waals surface area contributed by atoms with Gasteiger partial charge in [0.2, 0.25) is 0 Å². The Hall–Kier alpha value is -2.34. The second-order valence-electron chi connectivity index (χ2n) is 5.23. The predicted molar refractivity (Wildman–Crippen MR) is 87.8 cm³/mol. The molecule has 0 spiro atoms. The van der Waals surface area contributed by atoms with Crippen molar-refractivity contribution in [2.45, 2.75) is 23.6 Å². The van der Waals surface area contributed by atoms with Crippen LogP contribution in [0.25, 0.3) is 0 Å². The Balaban J connectivity index is 2.66. The SMILES string of the molecule is Cc1ccc(N=Nc2cc(S(=O)(=O)O)cc(S(=O)(=O)O)c2O)c(C)c1. The summed E-state index contributed by atoms with van der Waals surface area (Å²) in [6.45, 7) is 3.62. The summed E-state index contributed by atoms with van der Waals surface area (Å²) in [6.07, 6.45) is 0. The van der Waals surface area contributed by atoms with Crippen LogP contribution in [0, 0.1) is 13.8 Å². The van der Waals surface area contributed by atoms with Gasteiger partial charge in [-0.05, 0) is 37.6 Å². The second kappa shape index (κ2) is 6.52. The zero-order valence-corrected chi connectivity index (χ0v) is 14.7. The van der Waals surface area contributed by atoms with Gasteiger partial charge in [-0.25, -0.2) is 0 Å². The average Bonchev–Trinajstić information content (AvgIpc) is 2.45.